The molecule has 2 aromatic carbocycles. The molecule has 0 amide bonds. The minimum absolute atomic E-state index is 0.103. The van der Waals surface area contributed by atoms with E-state index in [1.54, 1.807) is 37.4 Å². The standard InChI is InChI=1S/C22H26FN3O3S/c1-22(7-10-30-21(25)26-22)17-11-14(3-6-18(17)23)12-20(27)16-5-4-15(13-19(16)24)29-9-8-28-2/h3-6,11,13H,7-10,12,24H2,1-2H3,(H2,25,26)/t22-/m0/s1. The van der Waals surface area contributed by atoms with Crippen LogP contribution in [-0.4, -0.2) is 37.0 Å². The van der Waals surface area contributed by atoms with Crippen molar-refractivity contribution in [2.75, 3.05) is 31.8 Å². The van der Waals surface area contributed by atoms with Gasteiger partial charge >= 0.3 is 0 Å². The summed E-state index contributed by atoms with van der Waals surface area (Å²) in [6.45, 7) is 2.72. The molecule has 1 aliphatic rings. The molecular weight excluding hydrogens is 405 g/mol. The average Bonchev–Trinajstić information content (AvgIpc) is 2.69. The van der Waals surface area contributed by atoms with Crippen molar-refractivity contribution in [2.24, 2.45) is 10.7 Å². The molecule has 0 spiro atoms. The number of nitrogen functional groups attached to an aromatic ring is 1. The van der Waals surface area contributed by atoms with Crippen LogP contribution >= 0.6 is 11.8 Å². The Bertz CT molecular complexity index is 967. The molecule has 0 saturated heterocycles. The monoisotopic (exact) mass is 431 g/mol. The van der Waals surface area contributed by atoms with Crippen LogP contribution in [0.5, 0.6) is 5.75 Å². The van der Waals surface area contributed by atoms with Gasteiger partial charge in [-0.25, -0.2) is 4.39 Å². The predicted molar refractivity (Wildman–Crippen MR) is 119 cm³/mol. The summed E-state index contributed by atoms with van der Waals surface area (Å²) in [7, 11) is 1.59. The van der Waals surface area contributed by atoms with E-state index < -0.39 is 5.54 Å². The van der Waals surface area contributed by atoms with Crippen molar-refractivity contribution in [1.29, 1.82) is 0 Å². The number of anilines is 1. The van der Waals surface area contributed by atoms with E-state index in [0.29, 0.717) is 52.9 Å². The van der Waals surface area contributed by atoms with E-state index in [9.17, 15) is 9.18 Å². The Kier molecular flexibility index (Phi) is 6.99. The van der Waals surface area contributed by atoms with Gasteiger partial charge in [-0.1, -0.05) is 17.8 Å². The van der Waals surface area contributed by atoms with E-state index in [2.05, 4.69) is 4.99 Å². The highest BCUT2D eigenvalue weighted by Gasteiger charge is 2.32. The number of ketones is 1. The molecule has 2 aromatic rings. The molecule has 160 valence electrons. The second-order valence-electron chi connectivity index (χ2n) is 7.33. The van der Waals surface area contributed by atoms with E-state index in [4.69, 9.17) is 20.9 Å². The van der Waals surface area contributed by atoms with E-state index in [1.807, 2.05) is 6.92 Å². The molecule has 0 fully saturated rings. The van der Waals surface area contributed by atoms with Crippen molar-refractivity contribution in [3.05, 3.63) is 58.9 Å². The van der Waals surface area contributed by atoms with Gasteiger partial charge in [0, 0.05) is 42.2 Å². The molecule has 4 N–H and O–H groups in total. The first kappa shape index (κ1) is 22.1. The van der Waals surface area contributed by atoms with E-state index in [1.165, 1.54) is 17.8 Å². The maximum atomic E-state index is 14.6. The number of thioether (sulfide) groups is 1. The number of hydrogen-bond acceptors (Lipinski definition) is 7. The van der Waals surface area contributed by atoms with Gasteiger partial charge in [0.05, 0.1) is 12.1 Å². The third kappa shape index (κ3) is 5.12. The van der Waals surface area contributed by atoms with Crippen molar-refractivity contribution in [1.82, 2.24) is 0 Å². The SMILES string of the molecule is COCCOc1ccc(C(=O)Cc2ccc(F)c([C@]3(C)CCSC(N)=N3)c2)c(N)c1. The number of carbonyl (C=O) groups excluding carboxylic acids is 1. The second-order valence-corrected chi connectivity index (χ2v) is 8.44. The van der Waals surface area contributed by atoms with Crippen molar-refractivity contribution in [3.8, 4) is 5.75 Å². The Balaban J connectivity index is 1.78. The van der Waals surface area contributed by atoms with Crippen molar-refractivity contribution >= 4 is 28.4 Å². The molecule has 30 heavy (non-hydrogen) atoms. The molecular formula is C22H26FN3O3S. The van der Waals surface area contributed by atoms with Crippen LogP contribution in [0, 0.1) is 5.82 Å². The molecule has 0 aliphatic carbocycles. The molecule has 0 bridgehead atoms. The fourth-order valence-corrected chi connectivity index (χ4v) is 4.36. The summed E-state index contributed by atoms with van der Waals surface area (Å²) < 4.78 is 25.0. The van der Waals surface area contributed by atoms with Gasteiger partial charge in [0.2, 0.25) is 0 Å². The lowest BCUT2D eigenvalue weighted by atomic mass is 9.87. The van der Waals surface area contributed by atoms with Gasteiger partial charge in [-0.2, -0.15) is 0 Å². The van der Waals surface area contributed by atoms with Gasteiger partial charge in [-0.05, 0) is 43.2 Å². The lowest BCUT2D eigenvalue weighted by molar-refractivity contribution is 0.0993. The predicted octanol–water partition coefficient (Wildman–Crippen LogP) is 3.53. The third-order valence-electron chi connectivity index (χ3n) is 5.05. The minimum Gasteiger partial charge on any atom is -0.491 e. The maximum absolute atomic E-state index is 14.6. The fraction of sp³-hybridized carbons (Fsp3) is 0.364. The summed E-state index contributed by atoms with van der Waals surface area (Å²) in [5.41, 5.74) is 13.1. The number of benzene rings is 2. The van der Waals surface area contributed by atoms with Crippen LogP contribution in [0.15, 0.2) is 41.4 Å². The highest BCUT2D eigenvalue weighted by Crippen LogP contribution is 2.37. The van der Waals surface area contributed by atoms with Crippen LogP contribution < -0.4 is 16.2 Å². The molecule has 1 heterocycles. The summed E-state index contributed by atoms with van der Waals surface area (Å²) in [5.74, 6) is 0.836. The molecule has 0 saturated carbocycles. The number of hydrogen-bond donors (Lipinski definition) is 2. The third-order valence-corrected chi connectivity index (χ3v) is 5.85. The number of Topliss-reactive ketones (excluding diaryl/α,β-unsaturated/α-hetero) is 1. The van der Waals surface area contributed by atoms with E-state index >= 15 is 0 Å². The second kappa shape index (κ2) is 9.49. The number of halogens is 1. The lowest BCUT2D eigenvalue weighted by Gasteiger charge is -2.30. The molecule has 0 aromatic heterocycles. The number of amidine groups is 1. The van der Waals surface area contributed by atoms with E-state index in [-0.39, 0.29) is 18.0 Å². The Labute approximate surface area is 179 Å². The van der Waals surface area contributed by atoms with Gasteiger partial charge in [0.1, 0.15) is 18.2 Å². The zero-order valence-electron chi connectivity index (χ0n) is 17.1. The number of ether oxygens (including phenoxy) is 2. The topological polar surface area (TPSA) is 99.9 Å². The normalized spacial score (nSPS) is 18.7. The van der Waals surface area contributed by atoms with Gasteiger partial charge in [0.15, 0.2) is 11.0 Å². The zero-order chi connectivity index (χ0) is 21.7. The summed E-state index contributed by atoms with van der Waals surface area (Å²) in [6.07, 6.45) is 0.773. The molecule has 8 heteroatoms. The smallest absolute Gasteiger partial charge is 0.169 e. The van der Waals surface area contributed by atoms with Gasteiger partial charge in [0.25, 0.3) is 0 Å². The summed E-state index contributed by atoms with van der Waals surface area (Å²) >= 11 is 1.46. The van der Waals surface area contributed by atoms with Crippen molar-refractivity contribution in [3.63, 3.8) is 0 Å². The number of methoxy groups -OCH3 is 1. The average molecular weight is 432 g/mol. The minimum atomic E-state index is -0.737. The largest absolute Gasteiger partial charge is 0.491 e. The first-order chi connectivity index (χ1) is 14.3. The Morgan fingerprint density at radius 1 is 1.23 bits per heavy atom. The molecule has 3 rings (SSSR count). The van der Waals surface area contributed by atoms with Crippen LogP contribution in [0.3, 0.4) is 0 Å². The van der Waals surface area contributed by atoms with Crippen LogP contribution in [-0.2, 0) is 16.7 Å². The van der Waals surface area contributed by atoms with Crippen LogP contribution in [0.1, 0.15) is 34.8 Å². The summed E-state index contributed by atoms with van der Waals surface area (Å²) in [6, 6.07) is 9.67. The molecule has 0 radical (unpaired) electrons. The summed E-state index contributed by atoms with van der Waals surface area (Å²) in [5, 5.41) is 0.449. The lowest BCUT2D eigenvalue weighted by Crippen LogP contribution is -2.29. The molecule has 1 atom stereocenters. The fourth-order valence-electron chi connectivity index (χ4n) is 3.38. The number of nitrogens with zero attached hydrogens (tertiary/aromatic N) is 1. The van der Waals surface area contributed by atoms with Crippen LogP contribution in [0.4, 0.5) is 10.1 Å². The van der Waals surface area contributed by atoms with Crippen LogP contribution in [0.25, 0.3) is 0 Å². The Morgan fingerprint density at radius 2 is 2.03 bits per heavy atom. The van der Waals surface area contributed by atoms with Crippen molar-refractivity contribution < 1.29 is 18.7 Å². The molecule has 1 aliphatic heterocycles. The first-order valence-electron chi connectivity index (χ1n) is 9.64. The van der Waals surface area contributed by atoms with Gasteiger partial charge < -0.3 is 20.9 Å². The highest BCUT2D eigenvalue weighted by atomic mass is 32.2. The Hall–Kier alpha value is -2.58. The highest BCUT2D eigenvalue weighted by molar-refractivity contribution is 8.13. The zero-order valence-corrected chi connectivity index (χ0v) is 17.9. The van der Waals surface area contributed by atoms with Gasteiger partial charge in [-0.3, -0.25) is 9.79 Å². The Morgan fingerprint density at radius 3 is 2.73 bits per heavy atom. The van der Waals surface area contributed by atoms with E-state index in [0.717, 1.165) is 5.75 Å². The van der Waals surface area contributed by atoms with Gasteiger partial charge in [-0.15, -0.1) is 0 Å². The molecule has 0 unspecified atom stereocenters. The number of aliphatic imine (C=N–C) groups is 1. The summed E-state index contributed by atoms with van der Waals surface area (Å²) in [4.78, 5) is 17.3. The van der Waals surface area contributed by atoms with Crippen molar-refractivity contribution in [2.45, 2.75) is 25.3 Å². The quantitative estimate of drug-likeness (QED) is 0.377. The number of nitrogens with two attached hydrogens (primary N) is 2. The number of rotatable bonds is 8. The first-order valence-corrected chi connectivity index (χ1v) is 10.6. The van der Waals surface area contributed by atoms with Crippen LogP contribution in [0.2, 0.25) is 0 Å². The maximum Gasteiger partial charge on any atom is 0.169 e. The number of carbonyl (C=O) groups is 1. The molecule has 6 nitrogen and oxygen atoms in total.